The van der Waals surface area contributed by atoms with E-state index in [1.807, 2.05) is 0 Å². The van der Waals surface area contributed by atoms with Crippen LogP contribution in [0.1, 0.15) is 11.7 Å². The molecule has 12 heavy (non-hydrogen) atoms. The van der Waals surface area contributed by atoms with E-state index in [9.17, 15) is 9.18 Å². The maximum absolute atomic E-state index is 12.7. The van der Waals surface area contributed by atoms with Gasteiger partial charge in [0, 0.05) is 0 Å². The number of hydrogen-bond donors (Lipinski definition) is 1. The Hall–Kier alpha value is -0.861. The third-order valence-electron chi connectivity index (χ3n) is 1.31. The fourth-order valence-electron chi connectivity index (χ4n) is 0.765. The van der Waals surface area contributed by atoms with Crippen molar-refractivity contribution in [1.82, 2.24) is 0 Å². The topological polar surface area (TPSA) is 37.3 Å². The van der Waals surface area contributed by atoms with Crippen LogP contribution in [-0.4, -0.2) is 28.1 Å². The van der Waals surface area contributed by atoms with Crippen LogP contribution in [0.3, 0.4) is 0 Å². The Kier molecular flexibility index (Phi) is 4.55. The van der Waals surface area contributed by atoms with Gasteiger partial charge in [0.25, 0.3) is 0 Å². The molecule has 0 aliphatic heterocycles. The Morgan fingerprint density at radius 2 is 1.83 bits per heavy atom. The van der Waals surface area contributed by atoms with Crippen molar-refractivity contribution in [2.45, 2.75) is 6.17 Å². The molecule has 0 unspecified atom stereocenters. The van der Waals surface area contributed by atoms with Crippen molar-refractivity contribution in [1.29, 1.82) is 0 Å². The van der Waals surface area contributed by atoms with Crippen LogP contribution in [0.5, 0.6) is 0 Å². The number of benzene rings is 1. The third-order valence-corrected chi connectivity index (χ3v) is 1.31. The molecule has 0 fully saturated rings. The summed E-state index contributed by atoms with van der Waals surface area (Å²) >= 11 is 0. The summed E-state index contributed by atoms with van der Waals surface area (Å²) in [4.78, 5) is 10.1. The van der Waals surface area contributed by atoms with E-state index in [0.29, 0.717) is 0 Å². The third kappa shape index (κ3) is 2.64. The minimum atomic E-state index is -1.91. The van der Waals surface area contributed by atoms with Crippen molar-refractivity contribution in [3.05, 3.63) is 35.9 Å². The molecular formula is C8H9FO2Se. The van der Waals surface area contributed by atoms with Crippen molar-refractivity contribution < 1.29 is 14.3 Å². The molecule has 0 amide bonds. The van der Waals surface area contributed by atoms with Crippen molar-refractivity contribution >= 4 is 23.0 Å². The van der Waals surface area contributed by atoms with Crippen molar-refractivity contribution in [3.63, 3.8) is 0 Å². The molecule has 0 spiro atoms. The van der Waals surface area contributed by atoms with Gasteiger partial charge >= 0.3 is 23.0 Å². The van der Waals surface area contributed by atoms with Crippen LogP contribution in [0.15, 0.2) is 30.3 Å². The van der Waals surface area contributed by atoms with Gasteiger partial charge in [-0.3, -0.25) is 0 Å². The maximum atomic E-state index is 12.7. The van der Waals surface area contributed by atoms with Gasteiger partial charge in [0.2, 0.25) is 6.17 Å². The van der Waals surface area contributed by atoms with Crippen LogP contribution < -0.4 is 0 Å². The van der Waals surface area contributed by atoms with E-state index >= 15 is 0 Å². The van der Waals surface area contributed by atoms with Gasteiger partial charge < -0.3 is 5.11 Å². The van der Waals surface area contributed by atoms with Gasteiger partial charge in [-0.15, -0.1) is 0 Å². The van der Waals surface area contributed by atoms with E-state index in [2.05, 4.69) is 0 Å². The number of carbonyl (C=O) groups is 1. The summed E-state index contributed by atoms with van der Waals surface area (Å²) in [6.45, 7) is 0. The van der Waals surface area contributed by atoms with E-state index in [1.165, 1.54) is 12.1 Å². The van der Waals surface area contributed by atoms with Gasteiger partial charge in [-0.1, -0.05) is 30.3 Å². The molecule has 0 aliphatic carbocycles. The molecule has 1 aromatic rings. The standard InChI is InChI=1S/C8H7FO2.H2Se/c9-7(8(10)11)6-4-2-1-3-5-6;/h1-5,7H,(H,10,11);1H2/t7-;/m0./s1. The molecule has 1 aromatic carbocycles. The second-order valence-electron chi connectivity index (χ2n) is 2.11. The summed E-state index contributed by atoms with van der Waals surface area (Å²) in [6.07, 6.45) is -1.91. The zero-order chi connectivity index (χ0) is 8.27. The molecule has 0 heterocycles. The summed E-state index contributed by atoms with van der Waals surface area (Å²) in [5, 5.41) is 8.26. The number of halogens is 1. The number of aliphatic carboxylic acids is 1. The van der Waals surface area contributed by atoms with Crippen LogP contribution in [-0.2, 0) is 4.79 Å². The number of alkyl halides is 1. The molecular weight excluding hydrogens is 226 g/mol. The van der Waals surface area contributed by atoms with Gasteiger partial charge in [0.05, 0.1) is 0 Å². The molecule has 0 aromatic heterocycles. The zero-order valence-corrected chi connectivity index (χ0v) is 8.30. The fourth-order valence-corrected chi connectivity index (χ4v) is 0.765. The predicted octanol–water partition coefficient (Wildman–Crippen LogP) is 0.866. The van der Waals surface area contributed by atoms with E-state index in [1.54, 1.807) is 18.2 Å². The number of carboxylic acid groups (broad SMARTS) is 1. The Balaban J connectivity index is 0.00000121. The number of hydrogen-bond acceptors (Lipinski definition) is 1. The summed E-state index contributed by atoms with van der Waals surface area (Å²) in [5.41, 5.74) is 0.181. The fraction of sp³-hybridized carbons (Fsp3) is 0.125. The Labute approximate surface area is 79.9 Å². The van der Waals surface area contributed by atoms with Gasteiger partial charge in [-0.25, -0.2) is 9.18 Å². The molecule has 0 saturated heterocycles. The Bertz CT molecular complexity index is 250. The second-order valence-corrected chi connectivity index (χ2v) is 2.11. The van der Waals surface area contributed by atoms with Crippen LogP contribution in [0.4, 0.5) is 4.39 Å². The quantitative estimate of drug-likeness (QED) is 0.772. The van der Waals surface area contributed by atoms with Gasteiger partial charge in [0.1, 0.15) is 0 Å². The van der Waals surface area contributed by atoms with Crippen molar-refractivity contribution in [2.75, 3.05) is 0 Å². The molecule has 1 atom stereocenters. The molecule has 0 saturated carbocycles. The monoisotopic (exact) mass is 236 g/mol. The average Bonchev–Trinajstić information content (AvgIpc) is 2.05. The first-order valence-electron chi connectivity index (χ1n) is 3.13. The Morgan fingerprint density at radius 3 is 2.25 bits per heavy atom. The minimum absolute atomic E-state index is 0. The number of carboxylic acids is 1. The molecule has 4 heteroatoms. The summed E-state index contributed by atoms with van der Waals surface area (Å²) < 4.78 is 12.7. The molecule has 1 N–H and O–H groups in total. The van der Waals surface area contributed by atoms with E-state index in [4.69, 9.17) is 5.11 Å². The summed E-state index contributed by atoms with van der Waals surface area (Å²) in [7, 11) is 0. The van der Waals surface area contributed by atoms with Gasteiger partial charge in [0.15, 0.2) is 0 Å². The van der Waals surface area contributed by atoms with Crippen LogP contribution in [0.2, 0.25) is 0 Å². The molecule has 66 valence electrons. The SMILES string of the molecule is O=C(O)[C@@H](F)c1ccccc1.[SeH2]. The summed E-state index contributed by atoms with van der Waals surface area (Å²) in [6, 6.07) is 7.80. The molecule has 0 aliphatic rings. The van der Waals surface area contributed by atoms with Crippen LogP contribution in [0.25, 0.3) is 0 Å². The molecule has 0 bridgehead atoms. The van der Waals surface area contributed by atoms with Gasteiger partial charge in [-0.2, -0.15) is 0 Å². The normalized spacial score (nSPS) is 11.4. The second kappa shape index (κ2) is 4.91. The first-order valence-corrected chi connectivity index (χ1v) is 3.13. The molecule has 1 rings (SSSR count). The predicted molar refractivity (Wildman–Crippen MR) is 46.5 cm³/mol. The molecule has 2 nitrogen and oxygen atoms in total. The van der Waals surface area contributed by atoms with E-state index in [-0.39, 0.29) is 22.6 Å². The van der Waals surface area contributed by atoms with Gasteiger partial charge in [-0.05, 0) is 5.56 Å². The van der Waals surface area contributed by atoms with E-state index in [0.717, 1.165) is 0 Å². The van der Waals surface area contributed by atoms with Crippen LogP contribution in [0, 0.1) is 0 Å². The van der Waals surface area contributed by atoms with E-state index < -0.39 is 12.1 Å². The summed E-state index contributed by atoms with van der Waals surface area (Å²) in [5.74, 6) is -1.45. The molecule has 0 radical (unpaired) electrons. The van der Waals surface area contributed by atoms with Crippen molar-refractivity contribution in [2.24, 2.45) is 0 Å². The zero-order valence-electron chi connectivity index (χ0n) is 6.20. The number of rotatable bonds is 2. The average molecular weight is 235 g/mol. The van der Waals surface area contributed by atoms with Crippen molar-refractivity contribution in [3.8, 4) is 0 Å². The Morgan fingerprint density at radius 1 is 1.33 bits per heavy atom. The first kappa shape index (κ1) is 11.1. The van der Waals surface area contributed by atoms with Crippen LogP contribution >= 0.6 is 0 Å². The first-order chi connectivity index (χ1) is 5.22.